The van der Waals surface area contributed by atoms with Gasteiger partial charge in [-0.15, -0.1) is 0 Å². The maximum atomic E-state index is 13.3. The quantitative estimate of drug-likeness (QED) is 0.336. The fourth-order valence-corrected chi connectivity index (χ4v) is 3.56. The van der Waals surface area contributed by atoms with Gasteiger partial charge in [0, 0.05) is 5.56 Å². The zero-order valence-electron chi connectivity index (χ0n) is 15.4. The second-order valence-corrected chi connectivity index (χ2v) is 8.23. The summed E-state index contributed by atoms with van der Waals surface area (Å²) in [6, 6.07) is 14.1. The Labute approximate surface area is 184 Å². The summed E-state index contributed by atoms with van der Waals surface area (Å²) in [4.78, 5) is 20.3. The molecule has 1 aromatic heterocycles. The van der Waals surface area contributed by atoms with Gasteiger partial charge in [-0.05, 0) is 25.1 Å². The largest absolute Gasteiger partial charge is 0.433 e. The third kappa shape index (κ3) is 5.44. The van der Waals surface area contributed by atoms with Crippen molar-refractivity contribution in [2.75, 3.05) is 5.32 Å². The summed E-state index contributed by atoms with van der Waals surface area (Å²) >= 11 is 12.8. The average molecular weight is 472 g/mol. The Morgan fingerprint density at radius 3 is 2.43 bits per heavy atom. The van der Waals surface area contributed by atoms with E-state index in [0.717, 1.165) is 17.8 Å². The summed E-state index contributed by atoms with van der Waals surface area (Å²) in [5, 5.41) is 2.09. The van der Waals surface area contributed by atoms with Gasteiger partial charge in [0.15, 0.2) is 5.16 Å². The van der Waals surface area contributed by atoms with E-state index in [2.05, 4.69) is 15.3 Å². The third-order valence-electron chi connectivity index (χ3n) is 3.93. The van der Waals surface area contributed by atoms with Gasteiger partial charge >= 0.3 is 6.18 Å². The van der Waals surface area contributed by atoms with E-state index in [4.69, 9.17) is 23.2 Å². The second kappa shape index (κ2) is 9.24. The summed E-state index contributed by atoms with van der Waals surface area (Å²) in [6.45, 7) is 1.53. The topological polar surface area (TPSA) is 54.9 Å². The molecular weight excluding hydrogens is 458 g/mol. The van der Waals surface area contributed by atoms with Crippen LogP contribution in [0.1, 0.15) is 12.6 Å². The number of thioether (sulfide) groups is 1. The van der Waals surface area contributed by atoms with Crippen LogP contribution in [0.15, 0.2) is 59.8 Å². The first-order valence-electron chi connectivity index (χ1n) is 8.58. The standard InChI is InChI=1S/C20H14Cl2F3N3OS/c1-11(18(29)26-14-9-5-8-13(21)17(14)22)30-19-27-15(12-6-3-2-4-7-12)10-16(28-19)20(23,24)25/h2-11H,1H3,(H,26,29)/t11-/m0/s1. The fourth-order valence-electron chi connectivity index (χ4n) is 2.43. The third-order valence-corrected chi connectivity index (χ3v) is 5.71. The number of anilines is 1. The lowest BCUT2D eigenvalue weighted by atomic mass is 10.1. The molecule has 1 heterocycles. The van der Waals surface area contributed by atoms with Crippen molar-refractivity contribution in [1.29, 1.82) is 0 Å². The Morgan fingerprint density at radius 1 is 1.07 bits per heavy atom. The minimum absolute atomic E-state index is 0.117. The molecule has 30 heavy (non-hydrogen) atoms. The number of alkyl halides is 3. The molecule has 3 rings (SSSR count). The number of rotatable bonds is 5. The van der Waals surface area contributed by atoms with Gasteiger partial charge in [-0.25, -0.2) is 9.97 Å². The van der Waals surface area contributed by atoms with E-state index in [0.29, 0.717) is 11.3 Å². The summed E-state index contributed by atoms with van der Waals surface area (Å²) in [5.74, 6) is -0.480. The predicted molar refractivity (Wildman–Crippen MR) is 113 cm³/mol. The molecule has 0 saturated heterocycles. The van der Waals surface area contributed by atoms with E-state index >= 15 is 0 Å². The van der Waals surface area contributed by atoms with E-state index < -0.39 is 23.0 Å². The summed E-state index contributed by atoms with van der Waals surface area (Å²) in [5.41, 5.74) is -0.151. The van der Waals surface area contributed by atoms with Crippen LogP contribution in [0.4, 0.5) is 18.9 Å². The first-order chi connectivity index (χ1) is 14.1. The van der Waals surface area contributed by atoms with E-state index in [9.17, 15) is 18.0 Å². The first-order valence-corrected chi connectivity index (χ1v) is 10.2. The van der Waals surface area contributed by atoms with Crippen molar-refractivity contribution < 1.29 is 18.0 Å². The highest BCUT2D eigenvalue weighted by molar-refractivity contribution is 8.00. The lowest BCUT2D eigenvalue weighted by Gasteiger charge is -2.14. The normalized spacial score (nSPS) is 12.5. The van der Waals surface area contributed by atoms with Crippen LogP contribution in [0.3, 0.4) is 0 Å². The Morgan fingerprint density at radius 2 is 1.77 bits per heavy atom. The molecule has 0 spiro atoms. The highest BCUT2D eigenvalue weighted by Crippen LogP contribution is 2.34. The van der Waals surface area contributed by atoms with E-state index in [1.807, 2.05) is 0 Å². The number of nitrogens with zero attached hydrogens (tertiary/aromatic N) is 2. The first kappa shape index (κ1) is 22.4. The summed E-state index contributed by atoms with van der Waals surface area (Å²) < 4.78 is 40.0. The molecule has 0 radical (unpaired) electrons. The van der Waals surface area contributed by atoms with Crippen molar-refractivity contribution in [2.45, 2.75) is 23.5 Å². The van der Waals surface area contributed by atoms with Crippen LogP contribution in [-0.2, 0) is 11.0 Å². The van der Waals surface area contributed by atoms with Crippen LogP contribution in [0.25, 0.3) is 11.3 Å². The van der Waals surface area contributed by atoms with Crippen LogP contribution in [0.2, 0.25) is 10.0 Å². The molecule has 1 N–H and O–H groups in total. The number of hydrogen-bond acceptors (Lipinski definition) is 4. The molecule has 0 aliphatic carbocycles. The van der Waals surface area contributed by atoms with Crippen molar-refractivity contribution in [1.82, 2.24) is 9.97 Å². The molecule has 0 aliphatic heterocycles. The number of halogens is 5. The van der Waals surface area contributed by atoms with E-state index in [-0.39, 0.29) is 20.9 Å². The van der Waals surface area contributed by atoms with E-state index in [1.165, 1.54) is 6.92 Å². The predicted octanol–water partition coefficient (Wildman–Crippen LogP) is 6.59. The van der Waals surface area contributed by atoms with Gasteiger partial charge < -0.3 is 5.32 Å². The van der Waals surface area contributed by atoms with Crippen molar-refractivity contribution in [3.05, 3.63) is 70.3 Å². The number of carbonyl (C=O) groups excluding carboxylic acids is 1. The smallest absolute Gasteiger partial charge is 0.324 e. The minimum atomic E-state index is -4.65. The van der Waals surface area contributed by atoms with Crippen LogP contribution >= 0.6 is 35.0 Å². The van der Waals surface area contributed by atoms with Crippen molar-refractivity contribution in [3.63, 3.8) is 0 Å². The van der Waals surface area contributed by atoms with Crippen LogP contribution in [0, 0.1) is 0 Å². The molecule has 156 valence electrons. The summed E-state index contributed by atoms with van der Waals surface area (Å²) in [6.07, 6.45) is -4.65. The maximum Gasteiger partial charge on any atom is 0.433 e. The number of nitrogens with one attached hydrogen (secondary N) is 1. The van der Waals surface area contributed by atoms with Gasteiger partial charge in [0.2, 0.25) is 5.91 Å². The second-order valence-electron chi connectivity index (χ2n) is 6.14. The zero-order valence-corrected chi connectivity index (χ0v) is 17.7. The van der Waals surface area contributed by atoms with Gasteiger partial charge in [-0.2, -0.15) is 13.2 Å². The van der Waals surface area contributed by atoms with Gasteiger partial charge in [-0.1, -0.05) is 71.4 Å². The molecule has 0 fully saturated rings. The number of carbonyl (C=O) groups is 1. The molecular formula is C20H14Cl2F3N3OS. The van der Waals surface area contributed by atoms with Crippen LogP contribution in [0.5, 0.6) is 0 Å². The zero-order chi connectivity index (χ0) is 21.9. The number of amides is 1. The molecule has 0 unspecified atom stereocenters. The lowest BCUT2D eigenvalue weighted by Crippen LogP contribution is -2.23. The van der Waals surface area contributed by atoms with Gasteiger partial charge in [0.1, 0.15) is 5.69 Å². The Kier molecular flexibility index (Phi) is 6.90. The Bertz CT molecular complexity index is 1060. The number of benzene rings is 2. The van der Waals surface area contributed by atoms with Crippen molar-refractivity contribution in [2.24, 2.45) is 0 Å². The molecule has 2 aromatic carbocycles. The summed E-state index contributed by atoms with van der Waals surface area (Å²) in [7, 11) is 0. The molecule has 3 aromatic rings. The van der Waals surface area contributed by atoms with Crippen LogP contribution in [-0.4, -0.2) is 21.1 Å². The molecule has 0 aliphatic rings. The molecule has 1 atom stereocenters. The van der Waals surface area contributed by atoms with Gasteiger partial charge in [-0.3, -0.25) is 4.79 Å². The average Bonchev–Trinajstić information content (AvgIpc) is 2.71. The highest BCUT2D eigenvalue weighted by Gasteiger charge is 2.34. The highest BCUT2D eigenvalue weighted by atomic mass is 35.5. The number of aromatic nitrogens is 2. The molecule has 0 bridgehead atoms. The van der Waals surface area contributed by atoms with Crippen molar-refractivity contribution >= 4 is 46.6 Å². The fraction of sp³-hybridized carbons (Fsp3) is 0.150. The van der Waals surface area contributed by atoms with Crippen LogP contribution < -0.4 is 5.32 Å². The molecule has 10 heteroatoms. The monoisotopic (exact) mass is 471 g/mol. The van der Waals surface area contributed by atoms with Gasteiger partial charge in [0.05, 0.1) is 26.7 Å². The Balaban J connectivity index is 1.86. The molecule has 4 nitrogen and oxygen atoms in total. The SMILES string of the molecule is C[C@H](Sc1nc(-c2ccccc2)cc(C(F)(F)F)n1)C(=O)Nc1cccc(Cl)c1Cl. The number of hydrogen-bond donors (Lipinski definition) is 1. The molecule has 0 saturated carbocycles. The van der Waals surface area contributed by atoms with Crippen molar-refractivity contribution in [3.8, 4) is 11.3 Å². The van der Waals surface area contributed by atoms with E-state index in [1.54, 1.807) is 48.5 Å². The molecule has 1 amide bonds. The minimum Gasteiger partial charge on any atom is -0.324 e. The lowest BCUT2D eigenvalue weighted by molar-refractivity contribution is -0.141. The maximum absolute atomic E-state index is 13.3. The van der Waals surface area contributed by atoms with Gasteiger partial charge in [0.25, 0.3) is 0 Å². The Hall–Kier alpha value is -2.29.